The Bertz CT molecular complexity index is 724. The van der Waals surface area contributed by atoms with Crippen LogP contribution in [0.5, 0.6) is 0 Å². The van der Waals surface area contributed by atoms with Gasteiger partial charge in [-0.15, -0.1) is 16.7 Å². The molecule has 1 atom stereocenters. The monoisotopic (exact) mass is 376 g/mol. The van der Waals surface area contributed by atoms with Gasteiger partial charge < -0.3 is 5.11 Å². The standard InChI is InChI=1S/C17H14F3O.Rb/c1-3-11-10(2)8-9-14-15(11)12-6-4-5-7-13(12)16(14,21)17(18,19)20;/h4-7,9,21H,3H2,1-2H3;/q-1;+1. The second kappa shape index (κ2) is 6.13. The van der Waals surface area contributed by atoms with E-state index in [2.05, 4.69) is 6.07 Å². The van der Waals surface area contributed by atoms with E-state index in [1.165, 1.54) is 18.2 Å². The van der Waals surface area contributed by atoms with Crippen molar-refractivity contribution in [2.45, 2.75) is 32.0 Å². The molecule has 1 N–H and O–H groups in total. The van der Waals surface area contributed by atoms with Gasteiger partial charge in [-0.1, -0.05) is 44.5 Å². The molecule has 0 amide bonds. The Hall–Kier alpha value is -0.00481. The molecule has 110 valence electrons. The predicted molar refractivity (Wildman–Crippen MR) is 73.9 cm³/mol. The zero-order valence-electron chi connectivity index (χ0n) is 12.7. The van der Waals surface area contributed by atoms with Crippen LogP contribution in [0.4, 0.5) is 13.2 Å². The second-order valence-corrected chi connectivity index (χ2v) is 5.29. The summed E-state index contributed by atoms with van der Waals surface area (Å²) in [5, 5.41) is 10.5. The number of benzene rings is 2. The minimum Gasteiger partial charge on any atom is -0.384 e. The van der Waals surface area contributed by atoms with Gasteiger partial charge in [-0.2, -0.15) is 30.9 Å². The molecule has 0 aromatic heterocycles. The van der Waals surface area contributed by atoms with Crippen molar-refractivity contribution >= 4 is 0 Å². The number of hydrogen-bond acceptors (Lipinski definition) is 1. The Morgan fingerprint density at radius 3 is 2.41 bits per heavy atom. The molecule has 5 heteroatoms. The van der Waals surface area contributed by atoms with E-state index in [4.69, 9.17) is 0 Å². The summed E-state index contributed by atoms with van der Waals surface area (Å²) in [5.41, 5.74) is -0.574. The van der Waals surface area contributed by atoms with Crippen LogP contribution < -0.4 is 58.2 Å². The number of halogens is 3. The molecule has 0 radical (unpaired) electrons. The molecule has 1 aliphatic rings. The van der Waals surface area contributed by atoms with Crippen molar-refractivity contribution in [3.8, 4) is 11.1 Å². The Morgan fingerprint density at radius 1 is 1.18 bits per heavy atom. The molecule has 2 aromatic carbocycles. The Balaban J connectivity index is 0.00000176. The number of aryl methyl sites for hydroxylation is 1. The third-order valence-electron chi connectivity index (χ3n) is 4.20. The molecule has 1 aliphatic carbocycles. The van der Waals surface area contributed by atoms with E-state index >= 15 is 0 Å². The van der Waals surface area contributed by atoms with Gasteiger partial charge in [-0.3, -0.25) is 0 Å². The zero-order chi connectivity index (χ0) is 15.4. The van der Waals surface area contributed by atoms with E-state index in [-0.39, 0.29) is 69.3 Å². The topological polar surface area (TPSA) is 20.2 Å². The van der Waals surface area contributed by atoms with Gasteiger partial charge in [0.2, 0.25) is 0 Å². The summed E-state index contributed by atoms with van der Waals surface area (Å²) < 4.78 is 40.7. The molecule has 22 heavy (non-hydrogen) atoms. The van der Waals surface area contributed by atoms with Gasteiger partial charge in [-0.05, 0) is 11.1 Å². The van der Waals surface area contributed by atoms with E-state index in [0.29, 0.717) is 17.5 Å². The molecule has 0 bridgehead atoms. The number of rotatable bonds is 1. The van der Waals surface area contributed by atoms with Crippen LogP contribution in [0.3, 0.4) is 0 Å². The number of alkyl halides is 3. The maximum Gasteiger partial charge on any atom is 1.00 e. The third-order valence-corrected chi connectivity index (χ3v) is 4.20. The van der Waals surface area contributed by atoms with E-state index < -0.39 is 11.8 Å². The molecule has 0 fully saturated rings. The fourth-order valence-electron chi connectivity index (χ4n) is 3.19. The summed E-state index contributed by atoms with van der Waals surface area (Å²) in [7, 11) is 0. The van der Waals surface area contributed by atoms with E-state index in [1.54, 1.807) is 12.1 Å². The number of hydrogen-bond donors (Lipinski definition) is 1. The van der Waals surface area contributed by atoms with Crippen LogP contribution in [0.25, 0.3) is 11.1 Å². The zero-order valence-corrected chi connectivity index (χ0v) is 17.6. The van der Waals surface area contributed by atoms with E-state index in [9.17, 15) is 18.3 Å². The van der Waals surface area contributed by atoms with Crippen LogP contribution in [-0.2, 0) is 12.0 Å². The summed E-state index contributed by atoms with van der Waals surface area (Å²) in [4.78, 5) is 0. The van der Waals surface area contributed by atoms with Crippen molar-refractivity contribution in [1.29, 1.82) is 0 Å². The maximum absolute atomic E-state index is 13.6. The van der Waals surface area contributed by atoms with Crippen LogP contribution in [0, 0.1) is 13.0 Å². The first-order valence-electron chi connectivity index (χ1n) is 6.76. The average Bonchev–Trinajstić information content (AvgIpc) is 2.70. The van der Waals surface area contributed by atoms with Gasteiger partial charge in [0.05, 0.1) is 0 Å². The van der Waals surface area contributed by atoms with Gasteiger partial charge in [0.25, 0.3) is 0 Å². The Morgan fingerprint density at radius 2 is 1.82 bits per heavy atom. The maximum atomic E-state index is 13.6. The third kappa shape index (κ3) is 2.39. The van der Waals surface area contributed by atoms with Gasteiger partial charge in [0.15, 0.2) is 5.60 Å². The summed E-state index contributed by atoms with van der Waals surface area (Å²) >= 11 is 0. The SMILES string of the molecule is CCc1c(C)[c-]cc2c1-c1ccccc1C2(O)C(F)(F)F.[Rb+]. The molecule has 0 saturated heterocycles. The summed E-state index contributed by atoms with van der Waals surface area (Å²) in [6.45, 7) is 3.72. The predicted octanol–water partition coefficient (Wildman–Crippen LogP) is 1.14. The van der Waals surface area contributed by atoms with Crippen molar-refractivity contribution in [2.24, 2.45) is 0 Å². The molecule has 0 saturated carbocycles. The van der Waals surface area contributed by atoms with E-state index in [1.807, 2.05) is 13.8 Å². The number of fused-ring (bicyclic) bond motifs is 3. The van der Waals surface area contributed by atoms with Crippen molar-refractivity contribution in [1.82, 2.24) is 0 Å². The smallest absolute Gasteiger partial charge is 0.384 e. The van der Waals surface area contributed by atoms with Crippen molar-refractivity contribution in [2.75, 3.05) is 0 Å². The molecule has 0 spiro atoms. The van der Waals surface area contributed by atoms with Crippen LogP contribution in [0.2, 0.25) is 0 Å². The van der Waals surface area contributed by atoms with Crippen molar-refractivity contribution in [3.63, 3.8) is 0 Å². The van der Waals surface area contributed by atoms with Gasteiger partial charge >= 0.3 is 64.4 Å². The minimum atomic E-state index is -4.78. The molecular weight excluding hydrogens is 363 g/mol. The van der Waals surface area contributed by atoms with Gasteiger partial charge in [0, 0.05) is 0 Å². The first kappa shape index (κ1) is 18.3. The molecule has 2 aromatic rings. The summed E-state index contributed by atoms with van der Waals surface area (Å²) in [6, 6.07) is 10.3. The van der Waals surface area contributed by atoms with E-state index in [0.717, 1.165) is 11.1 Å². The van der Waals surface area contributed by atoms with Crippen LogP contribution in [-0.4, -0.2) is 11.3 Å². The molecule has 0 aliphatic heterocycles. The molecule has 3 rings (SSSR count). The van der Waals surface area contributed by atoms with Crippen LogP contribution >= 0.6 is 0 Å². The largest absolute Gasteiger partial charge is 1.00 e. The average molecular weight is 377 g/mol. The Labute approximate surface area is 176 Å². The molecule has 1 unspecified atom stereocenters. The first-order valence-corrected chi connectivity index (χ1v) is 6.76. The fraction of sp³-hybridized carbons (Fsp3) is 0.294. The second-order valence-electron chi connectivity index (χ2n) is 5.29. The van der Waals surface area contributed by atoms with Crippen molar-refractivity contribution < 1.29 is 76.5 Å². The normalized spacial score (nSPS) is 19.4. The summed E-state index contributed by atoms with van der Waals surface area (Å²) in [5.74, 6) is 0. The molecular formula is C17H14F3ORb. The first-order chi connectivity index (χ1) is 9.82. The fourth-order valence-corrected chi connectivity index (χ4v) is 3.19. The van der Waals surface area contributed by atoms with Crippen molar-refractivity contribution in [3.05, 3.63) is 58.7 Å². The summed E-state index contributed by atoms with van der Waals surface area (Å²) in [6.07, 6.45) is -4.18. The van der Waals surface area contributed by atoms with Crippen LogP contribution in [0.1, 0.15) is 29.2 Å². The molecule has 1 nitrogen and oxygen atoms in total. The number of aliphatic hydroxyl groups is 1. The van der Waals surface area contributed by atoms with Crippen LogP contribution in [0.15, 0.2) is 30.3 Å². The molecule has 0 heterocycles. The quantitative estimate of drug-likeness (QED) is 0.740. The Kier molecular flexibility index (Phi) is 5.11. The van der Waals surface area contributed by atoms with Gasteiger partial charge in [-0.25, -0.2) is 0 Å². The van der Waals surface area contributed by atoms with Gasteiger partial charge in [0.1, 0.15) is 0 Å². The minimum absolute atomic E-state index is 0.